The van der Waals surface area contributed by atoms with Gasteiger partial charge in [-0.25, -0.2) is 14.4 Å². The molecule has 0 fully saturated rings. The number of nitrogens with zero attached hydrogens (tertiary/aromatic N) is 1. The molecule has 150 valence electrons. The molecule has 0 saturated carbocycles. The minimum absolute atomic E-state index is 0.0540. The summed E-state index contributed by atoms with van der Waals surface area (Å²) in [5.74, 6) is -5.58. The smallest absolute Gasteiger partial charge is 0.394 e. The van der Waals surface area contributed by atoms with Crippen LogP contribution in [0.5, 0.6) is 5.75 Å². The van der Waals surface area contributed by atoms with Gasteiger partial charge in [0.1, 0.15) is 17.4 Å². The van der Waals surface area contributed by atoms with E-state index in [1.807, 2.05) is 5.32 Å². The molecule has 1 amide bonds. The van der Waals surface area contributed by atoms with Crippen molar-refractivity contribution >= 4 is 29.5 Å². The average molecular weight is 402 g/mol. The Labute approximate surface area is 162 Å². The highest BCUT2D eigenvalue weighted by atomic mass is 16.6. The fourth-order valence-corrected chi connectivity index (χ4v) is 2.32. The molecule has 2 aromatic carbocycles. The standard InChI is InChI=1S/C18H14N2O9/c21-15(17(24)25)19-13(16(22)23)9-10-5-7-11(8-6-10)29-18(26)12-3-1-2-4-14(12)20(27)28/h1-8,13H,9H2,(H,19,21)(H,22,23)(H,24,25)/t13-/m1/s1. The minimum atomic E-state index is -1.81. The first kappa shape index (κ1) is 21.0. The molecule has 0 aliphatic carbocycles. The molecule has 0 bridgehead atoms. The number of aliphatic carboxylic acids is 2. The molecule has 1 atom stereocenters. The summed E-state index contributed by atoms with van der Waals surface area (Å²) >= 11 is 0. The van der Waals surface area contributed by atoms with Crippen LogP contribution in [0.4, 0.5) is 5.69 Å². The Kier molecular flexibility index (Phi) is 6.58. The first-order chi connectivity index (χ1) is 13.7. The van der Waals surface area contributed by atoms with Crippen molar-refractivity contribution in [2.45, 2.75) is 12.5 Å². The number of ether oxygens (including phenoxy) is 1. The van der Waals surface area contributed by atoms with Gasteiger partial charge in [-0.2, -0.15) is 0 Å². The summed E-state index contributed by atoms with van der Waals surface area (Å²) < 4.78 is 5.09. The highest BCUT2D eigenvalue weighted by Gasteiger charge is 2.24. The number of carbonyl (C=O) groups is 4. The Hall–Kier alpha value is -4.28. The Morgan fingerprint density at radius 1 is 1.03 bits per heavy atom. The second-order valence-electron chi connectivity index (χ2n) is 5.68. The lowest BCUT2D eigenvalue weighted by atomic mass is 10.1. The lowest BCUT2D eigenvalue weighted by Crippen LogP contribution is -2.45. The zero-order valence-corrected chi connectivity index (χ0v) is 14.6. The van der Waals surface area contributed by atoms with E-state index in [1.54, 1.807) is 0 Å². The van der Waals surface area contributed by atoms with Gasteiger partial charge < -0.3 is 20.3 Å². The second-order valence-corrected chi connectivity index (χ2v) is 5.68. The molecule has 0 aliphatic heterocycles. The molecule has 0 spiro atoms. The van der Waals surface area contributed by atoms with Crippen LogP contribution >= 0.6 is 0 Å². The van der Waals surface area contributed by atoms with Crippen LogP contribution in [0.2, 0.25) is 0 Å². The average Bonchev–Trinajstić information content (AvgIpc) is 2.68. The highest BCUT2D eigenvalue weighted by molar-refractivity contribution is 6.31. The van der Waals surface area contributed by atoms with Gasteiger partial charge in [-0.1, -0.05) is 24.3 Å². The molecular weight excluding hydrogens is 388 g/mol. The fraction of sp³-hybridized carbons (Fsp3) is 0.111. The summed E-state index contributed by atoms with van der Waals surface area (Å²) in [6.07, 6.45) is -0.216. The largest absolute Gasteiger partial charge is 0.480 e. The van der Waals surface area contributed by atoms with Crippen molar-refractivity contribution in [3.8, 4) is 5.75 Å². The van der Waals surface area contributed by atoms with E-state index in [0.29, 0.717) is 5.56 Å². The summed E-state index contributed by atoms with van der Waals surface area (Å²) in [7, 11) is 0. The van der Waals surface area contributed by atoms with Gasteiger partial charge in [0.05, 0.1) is 4.92 Å². The Balaban J connectivity index is 2.09. The van der Waals surface area contributed by atoms with E-state index in [1.165, 1.54) is 42.5 Å². The normalized spacial score (nSPS) is 11.2. The number of nitro benzene ring substituents is 1. The third-order valence-electron chi connectivity index (χ3n) is 3.69. The zero-order valence-electron chi connectivity index (χ0n) is 14.6. The molecule has 0 unspecified atom stereocenters. The minimum Gasteiger partial charge on any atom is -0.480 e. The molecular formula is C18H14N2O9. The van der Waals surface area contributed by atoms with Gasteiger partial charge in [0.15, 0.2) is 0 Å². The van der Waals surface area contributed by atoms with Gasteiger partial charge in [-0.3, -0.25) is 14.9 Å². The van der Waals surface area contributed by atoms with Gasteiger partial charge >= 0.3 is 23.8 Å². The van der Waals surface area contributed by atoms with Crippen LogP contribution in [-0.2, 0) is 20.8 Å². The highest BCUT2D eigenvalue weighted by Crippen LogP contribution is 2.21. The van der Waals surface area contributed by atoms with Crippen LogP contribution in [0.3, 0.4) is 0 Å². The third kappa shape index (κ3) is 5.60. The van der Waals surface area contributed by atoms with Crippen molar-refractivity contribution in [3.05, 3.63) is 69.8 Å². The van der Waals surface area contributed by atoms with Crippen molar-refractivity contribution < 1.29 is 39.1 Å². The summed E-state index contributed by atoms with van der Waals surface area (Å²) in [4.78, 5) is 55.3. The van der Waals surface area contributed by atoms with Crippen LogP contribution < -0.4 is 10.1 Å². The summed E-state index contributed by atoms with van der Waals surface area (Å²) in [5, 5.41) is 30.5. The topological polar surface area (TPSA) is 173 Å². The summed E-state index contributed by atoms with van der Waals surface area (Å²) in [5.41, 5.74) is -0.231. The van der Waals surface area contributed by atoms with Crippen LogP contribution in [0.25, 0.3) is 0 Å². The quantitative estimate of drug-likeness (QED) is 0.201. The van der Waals surface area contributed by atoms with E-state index in [9.17, 15) is 29.3 Å². The predicted octanol–water partition coefficient (Wildman–Crippen LogP) is 1.01. The first-order valence-corrected chi connectivity index (χ1v) is 8.00. The van der Waals surface area contributed by atoms with Crippen LogP contribution in [0.1, 0.15) is 15.9 Å². The molecule has 0 radical (unpaired) electrons. The Morgan fingerprint density at radius 2 is 1.66 bits per heavy atom. The third-order valence-corrected chi connectivity index (χ3v) is 3.69. The summed E-state index contributed by atoms with van der Waals surface area (Å²) in [6, 6.07) is 9.28. The lowest BCUT2D eigenvalue weighted by Gasteiger charge is -2.13. The maximum Gasteiger partial charge on any atom is 0.394 e. The number of nitrogens with one attached hydrogen (secondary N) is 1. The number of benzene rings is 2. The SMILES string of the molecule is O=C(O)C(=O)N[C@H](Cc1ccc(OC(=O)c2ccccc2[N+](=O)[O-])cc1)C(=O)O. The molecule has 3 N–H and O–H groups in total. The van der Waals surface area contributed by atoms with E-state index in [-0.39, 0.29) is 17.7 Å². The molecule has 29 heavy (non-hydrogen) atoms. The van der Waals surface area contributed by atoms with Gasteiger partial charge in [0.2, 0.25) is 0 Å². The van der Waals surface area contributed by atoms with E-state index >= 15 is 0 Å². The maximum absolute atomic E-state index is 12.2. The number of carboxylic acids is 2. The predicted molar refractivity (Wildman–Crippen MR) is 95.4 cm³/mol. The van der Waals surface area contributed by atoms with Crippen molar-refractivity contribution in [2.24, 2.45) is 0 Å². The second kappa shape index (κ2) is 9.08. The molecule has 0 aliphatic rings. The number of esters is 1. The van der Waals surface area contributed by atoms with E-state index in [4.69, 9.17) is 14.9 Å². The number of hydrogen-bond donors (Lipinski definition) is 3. The van der Waals surface area contributed by atoms with E-state index in [0.717, 1.165) is 6.07 Å². The molecule has 2 aromatic rings. The van der Waals surface area contributed by atoms with Crippen molar-refractivity contribution in [1.29, 1.82) is 0 Å². The van der Waals surface area contributed by atoms with Crippen molar-refractivity contribution in [2.75, 3.05) is 0 Å². The lowest BCUT2D eigenvalue weighted by molar-refractivity contribution is -0.385. The molecule has 0 saturated heterocycles. The zero-order chi connectivity index (χ0) is 21.6. The van der Waals surface area contributed by atoms with Gasteiger partial charge in [-0.05, 0) is 23.8 Å². The monoisotopic (exact) mass is 402 g/mol. The number of hydrogen-bond acceptors (Lipinski definition) is 7. The van der Waals surface area contributed by atoms with Crippen LogP contribution in [-0.4, -0.2) is 45.0 Å². The number of nitro groups is 1. The van der Waals surface area contributed by atoms with Gasteiger partial charge in [0, 0.05) is 12.5 Å². The first-order valence-electron chi connectivity index (χ1n) is 8.00. The Morgan fingerprint density at radius 3 is 2.21 bits per heavy atom. The number of carbonyl (C=O) groups excluding carboxylic acids is 2. The number of amides is 1. The molecule has 0 heterocycles. The summed E-state index contributed by atoms with van der Waals surface area (Å²) in [6.45, 7) is 0. The molecule has 2 rings (SSSR count). The van der Waals surface area contributed by atoms with E-state index in [2.05, 4.69) is 0 Å². The van der Waals surface area contributed by atoms with Crippen LogP contribution in [0, 0.1) is 10.1 Å². The van der Waals surface area contributed by atoms with Crippen molar-refractivity contribution in [3.63, 3.8) is 0 Å². The fourth-order valence-electron chi connectivity index (χ4n) is 2.32. The number of para-hydroxylation sites is 1. The number of rotatable bonds is 7. The maximum atomic E-state index is 12.2. The molecule has 11 nitrogen and oxygen atoms in total. The van der Waals surface area contributed by atoms with Gasteiger partial charge in [-0.15, -0.1) is 0 Å². The van der Waals surface area contributed by atoms with E-state index < -0.39 is 40.5 Å². The van der Waals surface area contributed by atoms with Crippen LogP contribution in [0.15, 0.2) is 48.5 Å². The van der Waals surface area contributed by atoms with Crippen molar-refractivity contribution in [1.82, 2.24) is 5.32 Å². The molecule has 0 aromatic heterocycles. The van der Waals surface area contributed by atoms with Gasteiger partial charge in [0.25, 0.3) is 5.69 Å². The Bertz CT molecular complexity index is 970. The molecule has 11 heteroatoms. The number of carboxylic acid groups (broad SMARTS) is 2.